The Hall–Kier alpha value is -3.62. The van der Waals surface area contributed by atoms with Crippen LogP contribution in [0, 0.1) is 17.1 Å². The first-order valence-electron chi connectivity index (χ1n) is 9.59. The quantitative estimate of drug-likeness (QED) is 0.514. The lowest BCUT2D eigenvalue weighted by Gasteiger charge is -2.19. The van der Waals surface area contributed by atoms with Crippen LogP contribution in [-0.2, 0) is 10.3 Å². The molecule has 1 N–H and O–H groups in total. The third-order valence-corrected chi connectivity index (χ3v) is 5.52. The molecule has 3 aromatic heterocycles. The molecule has 10 nitrogen and oxygen atoms in total. The van der Waals surface area contributed by atoms with E-state index in [-0.39, 0.29) is 40.6 Å². The van der Waals surface area contributed by atoms with Crippen LogP contribution >= 0.6 is 0 Å². The number of methoxy groups -OCH3 is 1. The Morgan fingerprint density at radius 2 is 2.19 bits per heavy atom. The van der Waals surface area contributed by atoms with E-state index in [9.17, 15) is 19.6 Å². The van der Waals surface area contributed by atoms with Gasteiger partial charge in [-0.3, -0.25) is 13.8 Å². The van der Waals surface area contributed by atoms with Gasteiger partial charge in [-0.05, 0) is 31.9 Å². The maximum atomic E-state index is 14.4. The van der Waals surface area contributed by atoms with E-state index in [1.165, 1.54) is 34.5 Å². The van der Waals surface area contributed by atoms with Gasteiger partial charge in [-0.1, -0.05) is 5.16 Å². The molecule has 5 rings (SSSR count). The molecule has 1 aliphatic rings. The van der Waals surface area contributed by atoms with Crippen molar-refractivity contribution in [3.05, 3.63) is 46.1 Å². The molecule has 158 valence electrons. The van der Waals surface area contributed by atoms with Crippen LogP contribution in [0.15, 0.2) is 27.8 Å². The Morgan fingerprint density at radius 3 is 2.87 bits per heavy atom. The summed E-state index contributed by atoms with van der Waals surface area (Å²) in [4.78, 5) is 22.1. The molecule has 0 radical (unpaired) electrons. The molecular formula is C20H17FN6O4. The van der Waals surface area contributed by atoms with Gasteiger partial charge < -0.3 is 14.4 Å². The lowest BCUT2D eigenvalue weighted by atomic mass is 10.1. The van der Waals surface area contributed by atoms with Crippen molar-refractivity contribution in [1.82, 2.24) is 24.1 Å². The molecule has 11 heteroatoms. The highest BCUT2D eigenvalue weighted by Crippen LogP contribution is 2.44. The summed E-state index contributed by atoms with van der Waals surface area (Å²) in [5.41, 5.74) is -1.02. The van der Waals surface area contributed by atoms with Crippen molar-refractivity contribution in [1.29, 1.82) is 5.26 Å². The van der Waals surface area contributed by atoms with Crippen molar-refractivity contribution in [2.45, 2.75) is 31.4 Å². The molecule has 1 saturated carbocycles. The van der Waals surface area contributed by atoms with Crippen molar-refractivity contribution in [2.75, 3.05) is 13.7 Å². The number of benzene rings is 1. The van der Waals surface area contributed by atoms with Gasteiger partial charge in [0.25, 0.3) is 11.4 Å². The van der Waals surface area contributed by atoms with E-state index in [0.717, 1.165) is 0 Å². The minimum Gasteiger partial charge on any atom is -0.383 e. The monoisotopic (exact) mass is 424 g/mol. The van der Waals surface area contributed by atoms with Gasteiger partial charge >= 0.3 is 0 Å². The van der Waals surface area contributed by atoms with E-state index in [2.05, 4.69) is 15.1 Å². The van der Waals surface area contributed by atoms with Crippen LogP contribution in [0.1, 0.15) is 37.3 Å². The third-order valence-electron chi connectivity index (χ3n) is 5.52. The first kappa shape index (κ1) is 19.3. The maximum Gasteiger partial charge on any atom is 0.278 e. The van der Waals surface area contributed by atoms with Crippen LogP contribution in [0.2, 0.25) is 0 Å². The van der Waals surface area contributed by atoms with E-state index in [0.29, 0.717) is 18.4 Å². The molecule has 3 heterocycles. The highest BCUT2D eigenvalue weighted by Gasteiger charge is 2.48. The molecule has 1 aromatic carbocycles. The van der Waals surface area contributed by atoms with Crippen molar-refractivity contribution < 1.29 is 18.8 Å². The van der Waals surface area contributed by atoms with Gasteiger partial charge in [-0.25, -0.2) is 9.37 Å². The van der Waals surface area contributed by atoms with E-state index >= 15 is 0 Å². The number of nitriles is 1. The highest BCUT2D eigenvalue weighted by atomic mass is 19.1. The Morgan fingerprint density at radius 1 is 1.42 bits per heavy atom. The molecule has 1 atom stereocenters. The van der Waals surface area contributed by atoms with Gasteiger partial charge in [0.1, 0.15) is 40.6 Å². The van der Waals surface area contributed by atoms with Crippen molar-refractivity contribution in [3.63, 3.8) is 0 Å². The number of hydrogen-bond acceptors (Lipinski definition) is 8. The van der Waals surface area contributed by atoms with E-state index in [1.807, 2.05) is 6.07 Å². The summed E-state index contributed by atoms with van der Waals surface area (Å²) in [6, 6.07) is 4.00. The number of ether oxygens (including phenoxy) is 1. The van der Waals surface area contributed by atoms with Gasteiger partial charge in [0.05, 0.1) is 23.7 Å². The zero-order valence-corrected chi connectivity index (χ0v) is 16.7. The normalized spacial score (nSPS) is 16.0. The minimum atomic E-state index is -1.13. The number of hydrogen-bond donors (Lipinski definition) is 1. The van der Waals surface area contributed by atoms with E-state index in [1.54, 1.807) is 6.92 Å². The van der Waals surface area contributed by atoms with Crippen LogP contribution in [0.25, 0.3) is 28.1 Å². The average Bonchev–Trinajstić information content (AvgIpc) is 3.16. The summed E-state index contributed by atoms with van der Waals surface area (Å²) in [5, 5.41) is 23.7. The SMILES string of the molecule is COCC(C)n1c(=O)c2c(-c3noc(C4(O)CC4)n3)ncn2c2ccc(F)c(C#N)c21. The fraction of sp³-hybridized carbons (Fsp3) is 0.350. The Balaban J connectivity index is 1.86. The molecule has 0 aliphatic heterocycles. The fourth-order valence-electron chi connectivity index (χ4n) is 3.79. The van der Waals surface area contributed by atoms with Crippen LogP contribution in [0.5, 0.6) is 0 Å². The van der Waals surface area contributed by atoms with Crippen LogP contribution in [-0.4, -0.2) is 42.9 Å². The lowest BCUT2D eigenvalue weighted by molar-refractivity contribution is 0.108. The van der Waals surface area contributed by atoms with E-state index < -0.39 is 23.0 Å². The smallest absolute Gasteiger partial charge is 0.278 e. The van der Waals surface area contributed by atoms with Crippen LogP contribution in [0.4, 0.5) is 4.39 Å². The molecule has 0 spiro atoms. The standard InChI is InChI=1S/C20H17FN6O4/c1-10(8-30-2)27-15-11(7-22)12(21)3-4-13(15)26-9-23-14(16(26)18(27)28)17-24-19(31-25-17)20(29)5-6-20/h3-4,9-10,29H,5-6,8H2,1-2H3. The van der Waals surface area contributed by atoms with Crippen LogP contribution in [0.3, 0.4) is 0 Å². The maximum absolute atomic E-state index is 14.4. The number of aromatic nitrogens is 5. The summed E-state index contributed by atoms with van der Waals surface area (Å²) in [6.45, 7) is 1.90. The number of rotatable bonds is 5. The molecule has 4 aromatic rings. The van der Waals surface area contributed by atoms with Crippen LogP contribution < -0.4 is 5.56 Å². The molecule has 31 heavy (non-hydrogen) atoms. The predicted molar refractivity (Wildman–Crippen MR) is 105 cm³/mol. The zero-order valence-electron chi connectivity index (χ0n) is 16.7. The lowest BCUT2D eigenvalue weighted by Crippen LogP contribution is -2.28. The Kier molecular flexibility index (Phi) is 4.18. The largest absolute Gasteiger partial charge is 0.383 e. The molecule has 1 unspecified atom stereocenters. The average molecular weight is 424 g/mol. The topological polar surface area (TPSA) is 131 Å². The van der Waals surface area contributed by atoms with Crippen molar-refractivity contribution >= 4 is 16.6 Å². The summed E-state index contributed by atoms with van der Waals surface area (Å²) in [6.07, 6.45) is 2.43. The molecule has 1 aliphatic carbocycles. The number of aliphatic hydroxyl groups is 1. The van der Waals surface area contributed by atoms with Crippen molar-refractivity contribution in [2.24, 2.45) is 0 Å². The number of imidazole rings is 1. The van der Waals surface area contributed by atoms with Gasteiger partial charge in [0.15, 0.2) is 0 Å². The Bertz CT molecular complexity index is 1440. The second-order valence-electron chi connectivity index (χ2n) is 7.65. The van der Waals surface area contributed by atoms with E-state index in [4.69, 9.17) is 9.26 Å². The summed E-state index contributed by atoms with van der Waals surface area (Å²) < 4.78 is 27.6. The molecule has 0 amide bonds. The first-order valence-corrected chi connectivity index (χ1v) is 9.59. The molecular weight excluding hydrogens is 407 g/mol. The highest BCUT2D eigenvalue weighted by molar-refractivity contribution is 5.87. The number of halogens is 1. The second kappa shape index (κ2) is 6.69. The van der Waals surface area contributed by atoms with Gasteiger partial charge in [-0.2, -0.15) is 10.2 Å². The third kappa shape index (κ3) is 2.76. The van der Waals surface area contributed by atoms with Gasteiger partial charge in [0, 0.05) is 7.11 Å². The summed E-state index contributed by atoms with van der Waals surface area (Å²) in [5.74, 6) is -0.595. The van der Waals surface area contributed by atoms with Crippen molar-refractivity contribution in [3.8, 4) is 17.6 Å². The molecule has 0 bridgehead atoms. The fourth-order valence-corrected chi connectivity index (χ4v) is 3.79. The molecule has 1 fully saturated rings. The first-order chi connectivity index (χ1) is 14.9. The van der Waals surface area contributed by atoms with Gasteiger partial charge in [0.2, 0.25) is 5.82 Å². The van der Waals surface area contributed by atoms with Gasteiger partial charge in [-0.15, -0.1) is 0 Å². The summed E-state index contributed by atoms with van der Waals surface area (Å²) >= 11 is 0. The zero-order chi connectivity index (χ0) is 21.9. The second-order valence-corrected chi connectivity index (χ2v) is 7.65. The minimum absolute atomic E-state index is 0.0582. The summed E-state index contributed by atoms with van der Waals surface area (Å²) in [7, 11) is 1.49. The molecule has 0 saturated heterocycles. The number of fused-ring (bicyclic) bond motifs is 3. The number of nitrogens with zero attached hydrogens (tertiary/aromatic N) is 6. The predicted octanol–water partition coefficient (Wildman–Crippen LogP) is 1.90. The Labute approximate surface area is 174 Å².